The van der Waals surface area contributed by atoms with Crippen LogP contribution in [0.5, 0.6) is 0 Å². The lowest BCUT2D eigenvalue weighted by molar-refractivity contribution is -0.120. The molecule has 0 fully saturated rings. The van der Waals surface area contributed by atoms with E-state index in [0.29, 0.717) is 23.9 Å². The molecule has 0 radical (unpaired) electrons. The molecule has 0 saturated heterocycles. The highest BCUT2D eigenvalue weighted by atomic mass is 35.5. The van der Waals surface area contributed by atoms with Crippen molar-refractivity contribution in [2.75, 3.05) is 12.3 Å². The first-order valence-corrected chi connectivity index (χ1v) is 10.0. The Kier molecular flexibility index (Phi) is 6.18. The zero-order chi connectivity index (χ0) is 17.6. The Bertz CT molecular complexity index is 829. The van der Waals surface area contributed by atoms with E-state index < -0.39 is 0 Å². The van der Waals surface area contributed by atoms with Gasteiger partial charge in [0.15, 0.2) is 0 Å². The third-order valence-corrected chi connectivity index (χ3v) is 5.58. The number of aryl methyl sites for hydroxylation is 1. The van der Waals surface area contributed by atoms with Crippen molar-refractivity contribution in [2.24, 2.45) is 0 Å². The average Bonchev–Trinajstić information content (AvgIpc) is 3.24. The molecule has 0 aliphatic rings. The van der Waals surface area contributed by atoms with Gasteiger partial charge in [0.1, 0.15) is 5.76 Å². The van der Waals surface area contributed by atoms with Crippen LogP contribution in [0.2, 0.25) is 5.02 Å². The van der Waals surface area contributed by atoms with Crippen LogP contribution in [0.4, 0.5) is 0 Å². The fraction of sp³-hybridized carbons (Fsp3) is 0.222. The molecule has 25 heavy (non-hydrogen) atoms. The van der Waals surface area contributed by atoms with Crippen LogP contribution in [0.3, 0.4) is 0 Å². The van der Waals surface area contributed by atoms with Crippen molar-refractivity contribution < 1.29 is 9.21 Å². The Balaban J connectivity index is 1.45. The zero-order valence-corrected chi connectivity index (χ0v) is 16.0. The molecule has 0 aliphatic carbocycles. The number of halogens is 1. The quantitative estimate of drug-likeness (QED) is 0.462. The van der Waals surface area contributed by atoms with Crippen molar-refractivity contribution in [1.29, 1.82) is 0 Å². The number of rotatable bonds is 7. The van der Waals surface area contributed by atoms with Crippen molar-refractivity contribution in [2.45, 2.75) is 18.2 Å². The number of aromatic nitrogens is 1. The molecule has 0 spiro atoms. The van der Waals surface area contributed by atoms with Crippen molar-refractivity contribution in [3.8, 4) is 10.8 Å². The molecule has 130 valence electrons. The average molecular weight is 393 g/mol. The lowest BCUT2D eigenvalue weighted by Crippen LogP contribution is -2.27. The summed E-state index contributed by atoms with van der Waals surface area (Å²) in [5.74, 6) is 2.01. The van der Waals surface area contributed by atoms with Crippen LogP contribution in [0, 0.1) is 6.92 Å². The molecular weight excluding hydrogens is 376 g/mol. The number of benzene rings is 1. The molecule has 0 atom stereocenters. The minimum atomic E-state index is -0.0502. The SMILES string of the molecule is Cc1oc(-c2cccs2)nc1CC(=O)NCCSc1ccc(Cl)cc1. The van der Waals surface area contributed by atoms with Crippen LogP contribution in [-0.4, -0.2) is 23.2 Å². The third kappa shape index (κ3) is 5.11. The van der Waals surface area contributed by atoms with Crippen LogP contribution in [-0.2, 0) is 11.2 Å². The van der Waals surface area contributed by atoms with Gasteiger partial charge in [-0.3, -0.25) is 4.79 Å². The van der Waals surface area contributed by atoms with E-state index in [1.54, 1.807) is 23.1 Å². The van der Waals surface area contributed by atoms with E-state index in [9.17, 15) is 4.79 Å². The fourth-order valence-electron chi connectivity index (χ4n) is 2.20. The highest BCUT2D eigenvalue weighted by Gasteiger charge is 2.15. The molecule has 3 rings (SSSR count). The van der Waals surface area contributed by atoms with Gasteiger partial charge >= 0.3 is 0 Å². The van der Waals surface area contributed by atoms with Crippen molar-refractivity contribution >= 4 is 40.6 Å². The summed E-state index contributed by atoms with van der Waals surface area (Å²) in [4.78, 5) is 18.6. The van der Waals surface area contributed by atoms with E-state index in [1.807, 2.05) is 48.7 Å². The van der Waals surface area contributed by atoms with E-state index in [4.69, 9.17) is 16.0 Å². The topological polar surface area (TPSA) is 55.1 Å². The van der Waals surface area contributed by atoms with Gasteiger partial charge < -0.3 is 9.73 Å². The zero-order valence-electron chi connectivity index (χ0n) is 13.6. The van der Waals surface area contributed by atoms with E-state index in [-0.39, 0.29) is 12.3 Å². The smallest absolute Gasteiger partial charge is 0.236 e. The van der Waals surface area contributed by atoms with Crippen molar-refractivity contribution in [3.05, 3.63) is 58.3 Å². The Morgan fingerprint density at radius 2 is 2.12 bits per heavy atom. The van der Waals surface area contributed by atoms with E-state index in [1.165, 1.54) is 0 Å². The van der Waals surface area contributed by atoms with Crippen LogP contribution in [0.15, 0.2) is 51.1 Å². The van der Waals surface area contributed by atoms with Gasteiger partial charge in [0, 0.05) is 22.2 Å². The second kappa shape index (κ2) is 8.56. The number of thioether (sulfide) groups is 1. The summed E-state index contributed by atoms with van der Waals surface area (Å²) < 4.78 is 5.66. The number of amides is 1. The van der Waals surface area contributed by atoms with Crippen molar-refractivity contribution in [3.63, 3.8) is 0 Å². The first kappa shape index (κ1) is 18.0. The van der Waals surface area contributed by atoms with Crippen LogP contribution < -0.4 is 5.32 Å². The maximum atomic E-state index is 12.1. The minimum absolute atomic E-state index is 0.0502. The Labute approximate surface area is 159 Å². The number of hydrogen-bond donors (Lipinski definition) is 1. The molecular formula is C18H17ClN2O2S2. The summed E-state index contributed by atoms with van der Waals surface area (Å²) in [5, 5.41) is 5.62. The van der Waals surface area contributed by atoms with Crippen molar-refractivity contribution in [1.82, 2.24) is 10.3 Å². The molecule has 1 N–H and O–H groups in total. The number of carbonyl (C=O) groups is 1. The maximum Gasteiger partial charge on any atom is 0.236 e. The highest BCUT2D eigenvalue weighted by Crippen LogP contribution is 2.26. The van der Waals surface area contributed by atoms with Gasteiger partial charge in [0.25, 0.3) is 0 Å². The van der Waals surface area contributed by atoms with Crippen LogP contribution in [0.25, 0.3) is 10.8 Å². The second-order valence-corrected chi connectivity index (χ2v) is 7.88. The fourth-order valence-corrected chi connectivity index (χ4v) is 3.75. The monoisotopic (exact) mass is 392 g/mol. The number of nitrogens with zero attached hydrogens (tertiary/aromatic N) is 1. The number of hydrogen-bond acceptors (Lipinski definition) is 5. The molecule has 3 aromatic rings. The Morgan fingerprint density at radius 3 is 2.84 bits per heavy atom. The maximum absolute atomic E-state index is 12.1. The summed E-state index contributed by atoms with van der Waals surface area (Å²) in [6.45, 7) is 2.43. The summed E-state index contributed by atoms with van der Waals surface area (Å²) in [6, 6.07) is 11.6. The van der Waals surface area contributed by atoms with Gasteiger partial charge in [-0.2, -0.15) is 0 Å². The summed E-state index contributed by atoms with van der Waals surface area (Å²) >= 11 is 9.10. The molecule has 0 aliphatic heterocycles. The normalized spacial score (nSPS) is 10.8. The van der Waals surface area contributed by atoms with E-state index in [2.05, 4.69) is 10.3 Å². The molecule has 2 heterocycles. The molecule has 0 saturated carbocycles. The third-order valence-electron chi connectivity index (χ3n) is 3.46. The summed E-state index contributed by atoms with van der Waals surface area (Å²) in [6.07, 6.45) is 0.228. The van der Waals surface area contributed by atoms with Gasteiger partial charge in [0.05, 0.1) is 17.0 Å². The van der Waals surface area contributed by atoms with Crippen LogP contribution in [0.1, 0.15) is 11.5 Å². The number of nitrogens with one attached hydrogen (secondary N) is 1. The van der Waals surface area contributed by atoms with Gasteiger partial charge in [-0.15, -0.1) is 23.1 Å². The van der Waals surface area contributed by atoms with E-state index in [0.717, 1.165) is 20.5 Å². The molecule has 0 bridgehead atoms. The minimum Gasteiger partial charge on any atom is -0.440 e. The molecule has 2 aromatic heterocycles. The van der Waals surface area contributed by atoms with E-state index >= 15 is 0 Å². The number of carbonyl (C=O) groups excluding carboxylic acids is 1. The first-order chi connectivity index (χ1) is 12.1. The molecule has 4 nitrogen and oxygen atoms in total. The Morgan fingerprint density at radius 1 is 1.32 bits per heavy atom. The highest BCUT2D eigenvalue weighted by molar-refractivity contribution is 7.99. The summed E-state index contributed by atoms with van der Waals surface area (Å²) in [7, 11) is 0. The predicted molar refractivity (Wildman–Crippen MR) is 103 cm³/mol. The molecule has 0 unspecified atom stereocenters. The molecule has 1 amide bonds. The number of oxazole rings is 1. The van der Waals surface area contributed by atoms with Crippen LogP contribution >= 0.6 is 34.7 Å². The Hall–Kier alpha value is -1.76. The lowest BCUT2D eigenvalue weighted by Gasteiger charge is -2.04. The predicted octanol–water partition coefficient (Wildman–Crippen LogP) is 4.82. The first-order valence-electron chi connectivity index (χ1n) is 7.77. The summed E-state index contributed by atoms with van der Waals surface area (Å²) in [5.41, 5.74) is 0.686. The van der Waals surface area contributed by atoms with Gasteiger partial charge in [-0.25, -0.2) is 4.98 Å². The van der Waals surface area contributed by atoms with Gasteiger partial charge in [-0.1, -0.05) is 17.7 Å². The van der Waals surface area contributed by atoms with Gasteiger partial charge in [0.2, 0.25) is 11.8 Å². The lowest BCUT2D eigenvalue weighted by atomic mass is 10.2. The number of thiophene rings is 1. The van der Waals surface area contributed by atoms with Gasteiger partial charge in [-0.05, 0) is 42.6 Å². The molecule has 1 aromatic carbocycles. The molecule has 7 heteroatoms. The largest absolute Gasteiger partial charge is 0.440 e. The standard InChI is InChI=1S/C18H17ClN2O2S2/c1-12-15(21-18(23-12)16-3-2-9-25-16)11-17(22)20-8-10-24-14-6-4-13(19)5-7-14/h2-7,9H,8,10-11H2,1H3,(H,20,22). The second-order valence-electron chi connectivity index (χ2n) is 5.33.